The summed E-state index contributed by atoms with van der Waals surface area (Å²) in [7, 11) is 0. The molecule has 1 aromatic rings. The number of alkyl halides is 1. The highest BCUT2D eigenvalue weighted by Crippen LogP contribution is 2.34. The van der Waals surface area contributed by atoms with Gasteiger partial charge in [0.15, 0.2) is 0 Å². The Kier molecular flexibility index (Phi) is 6.75. The number of benzene rings is 1. The second-order valence-electron chi connectivity index (χ2n) is 6.34. The molecule has 1 unspecified atom stereocenters. The number of carbonyl (C=O) groups is 1. The van der Waals surface area contributed by atoms with Crippen LogP contribution in [0.1, 0.15) is 44.1 Å². The Morgan fingerprint density at radius 3 is 2.33 bits per heavy atom. The molecule has 0 amide bonds. The summed E-state index contributed by atoms with van der Waals surface area (Å²) >= 11 is 3.56. The number of hydrogen-bond donors (Lipinski definition) is 1. The first-order chi connectivity index (χ1) is 10.2. The van der Waals surface area contributed by atoms with Crippen LogP contribution in [0, 0.1) is 17.8 Å². The summed E-state index contributed by atoms with van der Waals surface area (Å²) in [6, 6.07) is 10.2. The summed E-state index contributed by atoms with van der Waals surface area (Å²) in [5, 5.41) is 10.6. The van der Waals surface area contributed by atoms with Gasteiger partial charge in [0, 0.05) is 5.33 Å². The lowest BCUT2D eigenvalue weighted by Crippen LogP contribution is -2.22. The van der Waals surface area contributed by atoms with Crippen molar-refractivity contribution in [1.82, 2.24) is 0 Å². The molecule has 1 N–H and O–H groups in total. The van der Waals surface area contributed by atoms with Crippen LogP contribution in [0.25, 0.3) is 0 Å². The van der Waals surface area contributed by atoms with Crippen molar-refractivity contribution in [2.75, 3.05) is 5.33 Å². The van der Waals surface area contributed by atoms with E-state index in [0.717, 1.165) is 30.5 Å². The molecule has 21 heavy (non-hydrogen) atoms. The van der Waals surface area contributed by atoms with E-state index >= 15 is 0 Å². The lowest BCUT2D eigenvalue weighted by molar-refractivity contribution is -0.142. The largest absolute Gasteiger partial charge is 0.481 e. The van der Waals surface area contributed by atoms with Crippen LogP contribution < -0.4 is 0 Å². The van der Waals surface area contributed by atoms with Gasteiger partial charge >= 0.3 is 5.97 Å². The molecule has 1 aliphatic rings. The number of aryl methyl sites for hydroxylation is 1. The fraction of sp³-hybridized carbons (Fsp3) is 0.611. The van der Waals surface area contributed by atoms with E-state index in [2.05, 4.69) is 28.1 Å². The summed E-state index contributed by atoms with van der Waals surface area (Å²) in [5.41, 5.74) is 1.24. The van der Waals surface area contributed by atoms with Crippen LogP contribution in [0.4, 0.5) is 0 Å². The average molecular weight is 353 g/mol. The molecule has 0 saturated heterocycles. The Morgan fingerprint density at radius 1 is 1.14 bits per heavy atom. The minimum atomic E-state index is -0.617. The van der Waals surface area contributed by atoms with Crippen LogP contribution in [-0.2, 0) is 11.2 Å². The second-order valence-corrected chi connectivity index (χ2v) is 6.98. The van der Waals surface area contributed by atoms with E-state index in [1.165, 1.54) is 31.2 Å². The highest BCUT2D eigenvalue weighted by molar-refractivity contribution is 9.09. The summed E-state index contributed by atoms with van der Waals surface area (Å²) < 4.78 is 0. The zero-order chi connectivity index (χ0) is 15.1. The van der Waals surface area contributed by atoms with Gasteiger partial charge in [0.25, 0.3) is 0 Å². The van der Waals surface area contributed by atoms with Crippen molar-refractivity contribution in [1.29, 1.82) is 0 Å². The van der Waals surface area contributed by atoms with Gasteiger partial charge in [-0.1, -0.05) is 59.1 Å². The van der Waals surface area contributed by atoms with Crippen molar-refractivity contribution in [3.8, 4) is 0 Å². The molecular weight excluding hydrogens is 328 g/mol. The van der Waals surface area contributed by atoms with Gasteiger partial charge in [0.1, 0.15) is 0 Å². The number of carboxylic acid groups (broad SMARTS) is 1. The van der Waals surface area contributed by atoms with Crippen molar-refractivity contribution in [2.24, 2.45) is 17.8 Å². The SMILES string of the molecule is O=C(O)C(CCc1ccccc1)CC1CCC(CBr)CC1. The standard InChI is InChI=1S/C18H25BrO2/c19-13-16-8-6-15(7-9-16)12-17(18(20)21)11-10-14-4-2-1-3-5-14/h1-5,15-17H,6-13H2,(H,20,21). The molecular formula is C18H25BrO2. The van der Waals surface area contributed by atoms with Gasteiger partial charge in [-0.25, -0.2) is 0 Å². The molecule has 0 aromatic heterocycles. The van der Waals surface area contributed by atoms with Gasteiger partial charge in [-0.2, -0.15) is 0 Å². The highest BCUT2D eigenvalue weighted by Gasteiger charge is 2.26. The molecule has 3 heteroatoms. The minimum Gasteiger partial charge on any atom is -0.481 e. The number of halogens is 1. The quantitative estimate of drug-likeness (QED) is 0.707. The maximum absolute atomic E-state index is 11.5. The Hall–Kier alpha value is -0.830. The molecule has 0 heterocycles. The predicted octanol–water partition coefficient (Wildman–Crippen LogP) is 4.91. The molecule has 0 aliphatic heterocycles. The smallest absolute Gasteiger partial charge is 0.306 e. The van der Waals surface area contributed by atoms with E-state index in [-0.39, 0.29) is 5.92 Å². The van der Waals surface area contributed by atoms with Crippen LogP contribution in [0.5, 0.6) is 0 Å². The van der Waals surface area contributed by atoms with Gasteiger partial charge in [0.05, 0.1) is 5.92 Å². The van der Waals surface area contributed by atoms with Crippen LogP contribution in [0.15, 0.2) is 30.3 Å². The second kappa shape index (κ2) is 8.57. The lowest BCUT2D eigenvalue weighted by Gasteiger charge is -2.29. The molecule has 0 bridgehead atoms. The fourth-order valence-corrected chi connectivity index (χ4v) is 4.00. The maximum Gasteiger partial charge on any atom is 0.306 e. The van der Waals surface area contributed by atoms with E-state index in [1.807, 2.05) is 18.2 Å². The maximum atomic E-state index is 11.5. The summed E-state index contributed by atoms with van der Waals surface area (Å²) in [5.74, 6) is 0.607. The molecule has 0 radical (unpaired) electrons. The number of carboxylic acids is 1. The van der Waals surface area contributed by atoms with E-state index in [9.17, 15) is 9.90 Å². The molecule has 1 aliphatic carbocycles. The molecule has 0 spiro atoms. The lowest BCUT2D eigenvalue weighted by atomic mass is 9.78. The van der Waals surface area contributed by atoms with Crippen molar-refractivity contribution in [3.63, 3.8) is 0 Å². The molecule has 1 atom stereocenters. The van der Waals surface area contributed by atoms with Gasteiger partial charge in [-0.05, 0) is 49.5 Å². The number of aliphatic carboxylic acids is 1. The van der Waals surface area contributed by atoms with Crippen LogP contribution >= 0.6 is 15.9 Å². The van der Waals surface area contributed by atoms with Crippen molar-refractivity contribution >= 4 is 21.9 Å². The third kappa shape index (κ3) is 5.46. The first-order valence-electron chi connectivity index (χ1n) is 8.01. The molecule has 2 rings (SSSR count). The van der Waals surface area contributed by atoms with Gasteiger partial charge < -0.3 is 5.11 Å². The van der Waals surface area contributed by atoms with Gasteiger partial charge in [-0.15, -0.1) is 0 Å². The Balaban J connectivity index is 1.81. The fourth-order valence-electron chi connectivity index (χ4n) is 3.35. The van der Waals surface area contributed by atoms with Crippen molar-refractivity contribution in [2.45, 2.75) is 44.9 Å². The van der Waals surface area contributed by atoms with Crippen LogP contribution in [-0.4, -0.2) is 16.4 Å². The monoisotopic (exact) mass is 352 g/mol. The van der Waals surface area contributed by atoms with E-state index in [4.69, 9.17) is 0 Å². The third-order valence-corrected chi connectivity index (χ3v) is 5.69. The Labute approximate surface area is 136 Å². The van der Waals surface area contributed by atoms with E-state index < -0.39 is 5.97 Å². The normalized spacial score (nSPS) is 23.7. The van der Waals surface area contributed by atoms with Crippen molar-refractivity contribution < 1.29 is 9.90 Å². The minimum absolute atomic E-state index is 0.185. The summed E-state index contributed by atoms with van der Waals surface area (Å²) in [4.78, 5) is 11.5. The van der Waals surface area contributed by atoms with Gasteiger partial charge in [0.2, 0.25) is 0 Å². The highest BCUT2D eigenvalue weighted by atomic mass is 79.9. The zero-order valence-corrected chi connectivity index (χ0v) is 14.1. The van der Waals surface area contributed by atoms with E-state index in [1.54, 1.807) is 0 Å². The molecule has 1 aromatic carbocycles. The van der Waals surface area contributed by atoms with Gasteiger partial charge in [-0.3, -0.25) is 4.79 Å². The molecule has 116 valence electrons. The van der Waals surface area contributed by atoms with Crippen molar-refractivity contribution in [3.05, 3.63) is 35.9 Å². The number of hydrogen-bond acceptors (Lipinski definition) is 1. The predicted molar refractivity (Wildman–Crippen MR) is 89.7 cm³/mol. The Bertz CT molecular complexity index is 424. The molecule has 1 saturated carbocycles. The molecule has 2 nitrogen and oxygen atoms in total. The Morgan fingerprint density at radius 2 is 1.76 bits per heavy atom. The average Bonchev–Trinajstić information content (AvgIpc) is 2.52. The summed E-state index contributed by atoms with van der Waals surface area (Å²) in [6.45, 7) is 0. The first-order valence-corrected chi connectivity index (χ1v) is 9.14. The third-order valence-electron chi connectivity index (χ3n) is 4.78. The summed E-state index contributed by atoms with van der Waals surface area (Å²) in [6.07, 6.45) is 7.39. The first kappa shape index (κ1) is 16.5. The molecule has 1 fully saturated rings. The topological polar surface area (TPSA) is 37.3 Å². The number of rotatable bonds is 7. The van der Waals surface area contributed by atoms with Crippen LogP contribution in [0.2, 0.25) is 0 Å². The zero-order valence-electron chi connectivity index (χ0n) is 12.5. The van der Waals surface area contributed by atoms with E-state index in [0.29, 0.717) is 5.92 Å². The van der Waals surface area contributed by atoms with Crippen LogP contribution in [0.3, 0.4) is 0 Å².